The number of hydrogen-bond donors (Lipinski definition) is 2. The number of nitrogens with two attached hydrogens (primary N) is 1. The first-order chi connectivity index (χ1) is 7.50. The zero-order valence-electron chi connectivity index (χ0n) is 8.25. The lowest BCUT2D eigenvalue weighted by Gasteiger charge is -2.17. The van der Waals surface area contributed by atoms with Crippen LogP contribution in [0.5, 0.6) is 0 Å². The molecule has 0 spiro atoms. The van der Waals surface area contributed by atoms with Crippen LogP contribution in [0, 0.1) is 0 Å². The second-order valence-electron chi connectivity index (χ2n) is 3.03. The highest BCUT2D eigenvalue weighted by molar-refractivity contribution is 7.08. The number of carboxylic acids is 1. The maximum Gasteiger partial charge on any atom is 0.323 e. The molecular formula is C9H10N2O4S. The van der Waals surface area contributed by atoms with Crippen LogP contribution in [-0.2, 0) is 9.59 Å². The van der Waals surface area contributed by atoms with Crippen LogP contribution >= 0.6 is 11.3 Å². The lowest BCUT2D eigenvalue weighted by molar-refractivity contribution is -0.138. The molecule has 0 unspecified atom stereocenters. The molecule has 0 atom stereocenters. The molecule has 0 aromatic carbocycles. The number of primary amides is 1. The Bertz CT molecular complexity index is 386. The van der Waals surface area contributed by atoms with Gasteiger partial charge in [-0.2, -0.15) is 11.3 Å². The molecule has 0 radical (unpaired) electrons. The van der Waals surface area contributed by atoms with E-state index in [9.17, 15) is 14.4 Å². The first kappa shape index (κ1) is 12.2. The van der Waals surface area contributed by atoms with Crippen molar-refractivity contribution >= 4 is 29.1 Å². The molecule has 0 saturated carbocycles. The van der Waals surface area contributed by atoms with E-state index >= 15 is 0 Å². The van der Waals surface area contributed by atoms with Gasteiger partial charge in [-0.3, -0.25) is 14.4 Å². The molecule has 1 aromatic rings. The Morgan fingerprint density at radius 2 is 2.06 bits per heavy atom. The van der Waals surface area contributed by atoms with Gasteiger partial charge >= 0.3 is 5.97 Å². The number of amides is 2. The van der Waals surface area contributed by atoms with Crippen LogP contribution in [0.3, 0.4) is 0 Å². The molecule has 1 rings (SSSR count). The predicted octanol–water partition coefficient (Wildman–Crippen LogP) is -0.240. The quantitative estimate of drug-likeness (QED) is 0.744. The Morgan fingerprint density at radius 1 is 1.38 bits per heavy atom. The van der Waals surface area contributed by atoms with E-state index in [1.54, 1.807) is 16.8 Å². The molecular weight excluding hydrogens is 232 g/mol. The van der Waals surface area contributed by atoms with Gasteiger partial charge in [-0.25, -0.2) is 0 Å². The number of carbonyl (C=O) groups is 3. The third-order valence-electron chi connectivity index (χ3n) is 1.73. The minimum absolute atomic E-state index is 0.354. The fourth-order valence-corrected chi connectivity index (χ4v) is 1.75. The fourth-order valence-electron chi connectivity index (χ4n) is 1.12. The predicted molar refractivity (Wildman–Crippen MR) is 57.1 cm³/mol. The van der Waals surface area contributed by atoms with Crippen LogP contribution in [-0.4, -0.2) is 40.9 Å². The highest BCUT2D eigenvalue weighted by atomic mass is 32.1. The standard InChI is InChI=1S/C9H10N2O4S/c10-7(12)3-11(4-8(13)14)9(15)6-1-2-16-5-6/h1-2,5H,3-4H2,(H2,10,12)(H,13,14). The minimum Gasteiger partial charge on any atom is -0.480 e. The van der Waals surface area contributed by atoms with Gasteiger partial charge in [-0.1, -0.05) is 0 Å². The summed E-state index contributed by atoms with van der Waals surface area (Å²) in [5.41, 5.74) is 5.29. The highest BCUT2D eigenvalue weighted by Gasteiger charge is 2.20. The smallest absolute Gasteiger partial charge is 0.323 e. The maximum absolute atomic E-state index is 11.7. The molecule has 1 heterocycles. The molecule has 6 nitrogen and oxygen atoms in total. The van der Waals surface area contributed by atoms with Crippen molar-refractivity contribution in [3.8, 4) is 0 Å². The van der Waals surface area contributed by atoms with Crippen molar-refractivity contribution in [2.24, 2.45) is 5.73 Å². The first-order valence-electron chi connectivity index (χ1n) is 4.32. The molecule has 0 saturated heterocycles. The van der Waals surface area contributed by atoms with Crippen molar-refractivity contribution < 1.29 is 19.5 Å². The molecule has 0 fully saturated rings. The van der Waals surface area contributed by atoms with Crippen LogP contribution in [0.15, 0.2) is 16.8 Å². The number of nitrogens with zero attached hydrogens (tertiary/aromatic N) is 1. The number of aliphatic carboxylic acids is 1. The monoisotopic (exact) mass is 242 g/mol. The third-order valence-corrected chi connectivity index (χ3v) is 2.41. The summed E-state index contributed by atoms with van der Waals surface area (Å²) in [6, 6.07) is 1.56. The summed E-state index contributed by atoms with van der Waals surface area (Å²) < 4.78 is 0. The summed E-state index contributed by atoms with van der Waals surface area (Å²) >= 11 is 1.31. The van der Waals surface area contributed by atoms with Gasteiger partial charge in [0.1, 0.15) is 13.1 Å². The van der Waals surface area contributed by atoms with Gasteiger partial charge in [-0.15, -0.1) is 0 Å². The van der Waals surface area contributed by atoms with E-state index in [0.717, 1.165) is 4.90 Å². The second-order valence-corrected chi connectivity index (χ2v) is 3.81. The molecule has 0 aliphatic rings. The number of carbonyl (C=O) groups excluding carboxylic acids is 2. The molecule has 0 bridgehead atoms. The molecule has 2 amide bonds. The Morgan fingerprint density at radius 3 is 2.50 bits per heavy atom. The molecule has 1 aromatic heterocycles. The molecule has 3 N–H and O–H groups in total. The summed E-state index contributed by atoms with van der Waals surface area (Å²) in [7, 11) is 0. The summed E-state index contributed by atoms with van der Waals surface area (Å²) in [6.07, 6.45) is 0. The SMILES string of the molecule is NC(=O)CN(CC(=O)O)C(=O)c1ccsc1. The van der Waals surface area contributed by atoms with Gasteiger partial charge in [0, 0.05) is 5.38 Å². The third kappa shape index (κ3) is 3.35. The van der Waals surface area contributed by atoms with Crippen LogP contribution in [0.1, 0.15) is 10.4 Å². The molecule has 0 aliphatic heterocycles. The minimum atomic E-state index is -1.19. The van der Waals surface area contributed by atoms with Gasteiger partial charge in [-0.05, 0) is 11.4 Å². The van der Waals surface area contributed by atoms with Crippen LogP contribution < -0.4 is 5.73 Å². The zero-order valence-corrected chi connectivity index (χ0v) is 9.07. The Hall–Kier alpha value is -1.89. The Kier molecular flexibility index (Phi) is 4.01. The lowest BCUT2D eigenvalue weighted by Crippen LogP contribution is -2.41. The average Bonchev–Trinajstić information content (AvgIpc) is 2.66. The van der Waals surface area contributed by atoms with Gasteiger partial charge in [0.15, 0.2) is 0 Å². The van der Waals surface area contributed by atoms with Crippen molar-refractivity contribution in [3.05, 3.63) is 22.4 Å². The zero-order chi connectivity index (χ0) is 12.1. The first-order valence-corrected chi connectivity index (χ1v) is 5.26. The topological polar surface area (TPSA) is 101 Å². The van der Waals surface area contributed by atoms with Gasteiger partial charge in [0.2, 0.25) is 5.91 Å². The van der Waals surface area contributed by atoms with Crippen molar-refractivity contribution in [2.45, 2.75) is 0 Å². The number of thiophene rings is 1. The van der Waals surface area contributed by atoms with Crippen LogP contribution in [0.4, 0.5) is 0 Å². The van der Waals surface area contributed by atoms with Gasteiger partial charge in [0.05, 0.1) is 5.56 Å². The number of hydrogen-bond acceptors (Lipinski definition) is 4. The number of rotatable bonds is 5. The Labute approximate surface area is 95.3 Å². The summed E-state index contributed by atoms with van der Waals surface area (Å²) in [6.45, 7) is -0.946. The van der Waals surface area contributed by atoms with Crippen LogP contribution in [0.25, 0.3) is 0 Å². The van der Waals surface area contributed by atoms with Gasteiger partial charge in [0.25, 0.3) is 5.91 Å². The highest BCUT2D eigenvalue weighted by Crippen LogP contribution is 2.09. The van der Waals surface area contributed by atoms with E-state index in [-0.39, 0.29) is 0 Å². The van der Waals surface area contributed by atoms with E-state index in [2.05, 4.69) is 0 Å². The van der Waals surface area contributed by atoms with E-state index in [4.69, 9.17) is 10.8 Å². The molecule has 7 heteroatoms. The molecule has 0 aliphatic carbocycles. The maximum atomic E-state index is 11.7. The number of carboxylic acid groups (broad SMARTS) is 1. The van der Waals surface area contributed by atoms with Crippen molar-refractivity contribution in [3.63, 3.8) is 0 Å². The summed E-state index contributed by atoms with van der Waals surface area (Å²) in [4.78, 5) is 33.9. The fraction of sp³-hybridized carbons (Fsp3) is 0.222. The van der Waals surface area contributed by atoms with Crippen molar-refractivity contribution in [1.82, 2.24) is 4.90 Å². The second kappa shape index (κ2) is 5.26. The normalized spacial score (nSPS) is 9.75. The molecule has 16 heavy (non-hydrogen) atoms. The summed E-state index contributed by atoms with van der Waals surface area (Å²) in [5, 5.41) is 11.9. The Balaban J connectivity index is 2.79. The van der Waals surface area contributed by atoms with Crippen molar-refractivity contribution in [1.29, 1.82) is 0 Å². The van der Waals surface area contributed by atoms with Crippen molar-refractivity contribution in [2.75, 3.05) is 13.1 Å². The molecule has 86 valence electrons. The van der Waals surface area contributed by atoms with E-state index in [1.807, 2.05) is 0 Å². The lowest BCUT2D eigenvalue weighted by atomic mass is 10.3. The van der Waals surface area contributed by atoms with E-state index in [0.29, 0.717) is 5.56 Å². The largest absolute Gasteiger partial charge is 0.480 e. The van der Waals surface area contributed by atoms with E-state index < -0.39 is 30.9 Å². The van der Waals surface area contributed by atoms with Crippen LogP contribution in [0.2, 0.25) is 0 Å². The summed E-state index contributed by atoms with van der Waals surface area (Å²) in [5.74, 6) is -2.45. The van der Waals surface area contributed by atoms with E-state index in [1.165, 1.54) is 11.3 Å². The average molecular weight is 242 g/mol. The van der Waals surface area contributed by atoms with Gasteiger partial charge < -0.3 is 15.7 Å².